The molecule has 0 bridgehead atoms. The van der Waals surface area contributed by atoms with Crippen molar-refractivity contribution in [2.24, 2.45) is 0 Å². The van der Waals surface area contributed by atoms with E-state index in [4.69, 9.17) is 0 Å². The van der Waals surface area contributed by atoms with Gasteiger partial charge in [0.2, 0.25) is 11.9 Å². The van der Waals surface area contributed by atoms with Gasteiger partial charge in [0.05, 0.1) is 17.9 Å². The number of aromatic nitrogens is 2. The Bertz CT molecular complexity index is 757. The minimum atomic E-state index is -0.428. The lowest BCUT2D eigenvalue weighted by Gasteiger charge is -2.46. The zero-order chi connectivity index (χ0) is 17.4. The molecule has 4 rings (SSSR count). The van der Waals surface area contributed by atoms with E-state index in [0.717, 1.165) is 25.9 Å². The molecule has 3 heterocycles. The van der Waals surface area contributed by atoms with Gasteiger partial charge in [-0.05, 0) is 18.4 Å². The predicted molar refractivity (Wildman–Crippen MR) is 92.7 cm³/mol. The van der Waals surface area contributed by atoms with E-state index in [0.29, 0.717) is 12.4 Å². The van der Waals surface area contributed by atoms with E-state index in [1.54, 1.807) is 0 Å². The van der Waals surface area contributed by atoms with E-state index in [-0.39, 0.29) is 17.4 Å². The highest BCUT2D eigenvalue weighted by Crippen LogP contribution is 2.48. The van der Waals surface area contributed by atoms with Crippen molar-refractivity contribution in [3.05, 3.63) is 54.1 Å². The zero-order valence-corrected chi connectivity index (χ0v) is 14.2. The molecule has 1 spiro atoms. The monoisotopic (exact) mass is 340 g/mol. The number of piperidine rings is 1. The molecule has 6 heteroatoms. The highest BCUT2D eigenvalue weighted by Gasteiger charge is 2.52. The van der Waals surface area contributed by atoms with Crippen LogP contribution in [0.3, 0.4) is 0 Å². The summed E-state index contributed by atoms with van der Waals surface area (Å²) in [6.07, 6.45) is 4.67. The Labute approximate surface area is 146 Å². The lowest BCUT2D eigenvalue weighted by atomic mass is 9.74. The maximum atomic E-state index is 13.0. The van der Waals surface area contributed by atoms with Gasteiger partial charge >= 0.3 is 0 Å². The zero-order valence-electron chi connectivity index (χ0n) is 14.2. The standard InChI is InChI=1S/C19H21FN4O/c1-23-17(25)11-16(14-5-3-2-4-6-14)19(23)7-9-24(10-8-19)18-21-12-15(20)13-22-18/h2-6,12-13,16H,7-11H2,1H3/t16-/m1/s1. The van der Waals surface area contributed by atoms with E-state index in [1.165, 1.54) is 18.0 Å². The molecule has 0 saturated carbocycles. The summed E-state index contributed by atoms with van der Waals surface area (Å²) in [4.78, 5) is 24.7. The number of benzene rings is 1. The summed E-state index contributed by atoms with van der Waals surface area (Å²) in [6, 6.07) is 10.3. The molecule has 5 nitrogen and oxygen atoms in total. The fourth-order valence-electron chi connectivity index (χ4n) is 4.34. The van der Waals surface area contributed by atoms with Crippen LogP contribution in [0, 0.1) is 5.82 Å². The second kappa shape index (κ2) is 6.10. The van der Waals surface area contributed by atoms with E-state index >= 15 is 0 Å². The van der Waals surface area contributed by atoms with Crippen molar-refractivity contribution >= 4 is 11.9 Å². The van der Waals surface area contributed by atoms with Crippen molar-refractivity contribution < 1.29 is 9.18 Å². The van der Waals surface area contributed by atoms with Crippen LogP contribution in [0.15, 0.2) is 42.7 Å². The second-order valence-electron chi connectivity index (χ2n) is 6.91. The molecule has 25 heavy (non-hydrogen) atoms. The first-order valence-electron chi connectivity index (χ1n) is 8.64. The van der Waals surface area contributed by atoms with Crippen LogP contribution in [0.5, 0.6) is 0 Å². The number of nitrogens with zero attached hydrogens (tertiary/aromatic N) is 4. The molecule has 130 valence electrons. The van der Waals surface area contributed by atoms with E-state index in [9.17, 15) is 9.18 Å². The minimum absolute atomic E-state index is 0.158. The predicted octanol–water partition coefficient (Wildman–Crippen LogP) is 2.60. The molecule has 2 aliphatic heterocycles. The van der Waals surface area contributed by atoms with Crippen LogP contribution in [-0.4, -0.2) is 46.5 Å². The molecule has 2 aromatic rings. The molecule has 0 aliphatic carbocycles. The SMILES string of the molecule is CN1C(=O)C[C@H](c2ccccc2)C12CCN(c1ncc(F)cn1)CC2. The van der Waals surface area contributed by atoms with Gasteiger partial charge in [-0.1, -0.05) is 30.3 Å². The summed E-state index contributed by atoms with van der Waals surface area (Å²) in [5, 5.41) is 0. The second-order valence-corrected chi connectivity index (χ2v) is 6.91. The minimum Gasteiger partial charge on any atom is -0.341 e. The summed E-state index contributed by atoms with van der Waals surface area (Å²) in [7, 11) is 1.93. The fraction of sp³-hybridized carbons (Fsp3) is 0.421. The quantitative estimate of drug-likeness (QED) is 0.843. The number of hydrogen-bond acceptors (Lipinski definition) is 4. The van der Waals surface area contributed by atoms with E-state index in [2.05, 4.69) is 27.0 Å². The van der Waals surface area contributed by atoms with Gasteiger partial charge in [0.1, 0.15) is 0 Å². The van der Waals surface area contributed by atoms with E-state index in [1.807, 2.05) is 30.1 Å². The molecule has 2 aliphatic rings. The summed E-state index contributed by atoms with van der Waals surface area (Å²) in [5.74, 6) is 0.546. The number of anilines is 1. The Morgan fingerprint density at radius 3 is 2.40 bits per heavy atom. The van der Waals surface area contributed by atoms with Crippen molar-refractivity contribution in [2.45, 2.75) is 30.7 Å². The van der Waals surface area contributed by atoms with Crippen molar-refractivity contribution in [1.29, 1.82) is 0 Å². The molecule has 0 unspecified atom stereocenters. The molecule has 2 fully saturated rings. The van der Waals surface area contributed by atoms with Crippen molar-refractivity contribution in [1.82, 2.24) is 14.9 Å². The molecular weight excluding hydrogens is 319 g/mol. The Balaban J connectivity index is 1.58. The molecule has 1 aromatic heterocycles. The number of likely N-dealkylation sites (N-methyl/N-ethyl adjacent to an activating group) is 1. The van der Waals surface area contributed by atoms with Gasteiger partial charge in [0.25, 0.3) is 0 Å². The number of hydrogen-bond donors (Lipinski definition) is 0. The molecule has 0 N–H and O–H groups in total. The number of halogens is 1. The highest BCUT2D eigenvalue weighted by molar-refractivity contribution is 5.81. The van der Waals surface area contributed by atoms with Crippen LogP contribution in [0.4, 0.5) is 10.3 Å². The number of likely N-dealkylation sites (tertiary alicyclic amines) is 1. The van der Waals surface area contributed by atoms with Crippen molar-refractivity contribution in [3.8, 4) is 0 Å². The number of amides is 1. The van der Waals surface area contributed by atoms with Crippen LogP contribution in [-0.2, 0) is 4.79 Å². The van der Waals surface area contributed by atoms with Gasteiger partial charge in [0.15, 0.2) is 5.82 Å². The summed E-state index contributed by atoms with van der Waals surface area (Å²) < 4.78 is 13.0. The van der Waals surface area contributed by atoms with Crippen molar-refractivity contribution in [3.63, 3.8) is 0 Å². The van der Waals surface area contributed by atoms with Gasteiger partial charge in [0, 0.05) is 32.5 Å². The number of carbonyl (C=O) groups is 1. The highest BCUT2D eigenvalue weighted by atomic mass is 19.1. The maximum absolute atomic E-state index is 13.0. The summed E-state index contributed by atoms with van der Waals surface area (Å²) in [5.41, 5.74) is 1.07. The third-order valence-electron chi connectivity index (χ3n) is 5.79. The van der Waals surface area contributed by atoms with Gasteiger partial charge in [-0.25, -0.2) is 14.4 Å². The van der Waals surface area contributed by atoms with E-state index < -0.39 is 5.82 Å². The topological polar surface area (TPSA) is 49.3 Å². The van der Waals surface area contributed by atoms with Crippen LogP contribution >= 0.6 is 0 Å². The maximum Gasteiger partial charge on any atom is 0.225 e. The average Bonchev–Trinajstić information content (AvgIpc) is 2.89. The van der Waals surface area contributed by atoms with Crippen LogP contribution < -0.4 is 4.90 Å². The van der Waals surface area contributed by atoms with Crippen molar-refractivity contribution in [2.75, 3.05) is 25.0 Å². The largest absolute Gasteiger partial charge is 0.341 e. The smallest absolute Gasteiger partial charge is 0.225 e. The Kier molecular flexibility index (Phi) is 3.90. The first-order chi connectivity index (χ1) is 12.1. The molecule has 1 atom stereocenters. The van der Waals surface area contributed by atoms with Crippen LogP contribution in [0.2, 0.25) is 0 Å². The van der Waals surface area contributed by atoms with Gasteiger partial charge in [-0.3, -0.25) is 4.79 Å². The van der Waals surface area contributed by atoms with Gasteiger partial charge in [-0.2, -0.15) is 0 Å². The molecule has 1 amide bonds. The van der Waals surface area contributed by atoms with Crippen LogP contribution in [0.25, 0.3) is 0 Å². The molecule has 2 saturated heterocycles. The summed E-state index contributed by atoms with van der Waals surface area (Å²) >= 11 is 0. The lowest BCUT2D eigenvalue weighted by Crippen LogP contribution is -2.54. The number of rotatable bonds is 2. The molecule has 1 aromatic carbocycles. The normalized spacial score (nSPS) is 22.6. The Hall–Kier alpha value is -2.50. The van der Waals surface area contributed by atoms with Gasteiger partial charge in [-0.15, -0.1) is 0 Å². The van der Waals surface area contributed by atoms with Crippen LogP contribution in [0.1, 0.15) is 30.7 Å². The first-order valence-corrected chi connectivity index (χ1v) is 8.64. The molecular formula is C19H21FN4O. The lowest BCUT2D eigenvalue weighted by molar-refractivity contribution is -0.130. The average molecular weight is 340 g/mol. The third-order valence-corrected chi connectivity index (χ3v) is 5.79. The number of carbonyl (C=O) groups excluding carboxylic acids is 1. The fourth-order valence-corrected chi connectivity index (χ4v) is 4.34. The summed E-state index contributed by atoms with van der Waals surface area (Å²) in [6.45, 7) is 1.51. The Morgan fingerprint density at radius 2 is 1.76 bits per heavy atom. The Morgan fingerprint density at radius 1 is 1.12 bits per heavy atom. The third kappa shape index (κ3) is 2.65. The first kappa shape index (κ1) is 16.0. The van der Waals surface area contributed by atoms with Gasteiger partial charge < -0.3 is 9.80 Å². The molecule has 0 radical (unpaired) electrons.